The Kier molecular flexibility index (Phi) is 6.57. The van der Waals surface area contributed by atoms with Crippen LogP contribution in [-0.2, 0) is 15.8 Å². The molecule has 0 aromatic heterocycles. The monoisotopic (exact) mass is 358 g/mol. The number of hydrogen-bond donors (Lipinski definition) is 2. The minimum atomic E-state index is -3.43. The van der Waals surface area contributed by atoms with Gasteiger partial charge in [-0.3, -0.25) is 0 Å². The molecule has 0 heterocycles. The average molecular weight is 360 g/mol. The van der Waals surface area contributed by atoms with Crippen LogP contribution in [-0.4, -0.2) is 21.0 Å². The predicted octanol–water partition coefficient (Wildman–Crippen LogP) is 2.57. The van der Waals surface area contributed by atoms with Crippen molar-refractivity contribution in [3.63, 3.8) is 0 Å². The van der Waals surface area contributed by atoms with Gasteiger partial charge < -0.3 is 5.73 Å². The lowest BCUT2D eigenvalue weighted by Crippen LogP contribution is -2.42. The fraction of sp³-hybridized carbons (Fsp3) is 0.500. The molecule has 4 nitrogen and oxygen atoms in total. The van der Waals surface area contributed by atoms with Crippen LogP contribution in [0.25, 0.3) is 0 Å². The second-order valence-electron chi connectivity index (χ2n) is 4.83. The number of sulfonamides is 1. The highest BCUT2D eigenvalue weighted by Crippen LogP contribution is 2.32. The Morgan fingerprint density at radius 2 is 1.80 bits per heavy atom. The van der Waals surface area contributed by atoms with Gasteiger partial charge in [0.15, 0.2) is 0 Å². The van der Waals surface area contributed by atoms with E-state index in [2.05, 4.69) is 4.72 Å². The lowest BCUT2D eigenvalue weighted by atomic mass is 10.2. The van der Waals surface area contributed by atoms with Crippen LogP contribution in [0.5, 0.6) is 0 Å². The van der Waals surface area contributed by atoms with Crippen molar-refractivity contribution in [2.24, 2.45) is 11.7 Å². The molecule has 20 heavy (non-hydrogen) atoms. The summed E-state index contributed by atoms with van der Waals surface area (Å²) in [4.78, 5) is 0. The molecule has 114 valence electrons. The van der Waals surface area contributed by atoms with Crippen LogP contribution in [0.4, 0.5) is 0 Å². The topological polar surface area (TPSA) is 72.2 Å². The van der Waals surface area contributed by atoms with Gasteiger partial charge in [-0.1, -0.05) is 23.2 Å². The lowest BCUT2D eigenvalue weighted by molar-refractivity contribution is 0.518. The molecule has 1 fully saturated rings. The Morgan fingerprint density at radius 3 is 2.25 bits per heavy atom. The van der Waals surface area contributed by atoms with Gasteiger partial charge in [0.05, 0.1) is 5.75 Å². The number of nitrogens with two attached hydrogens (primary N) is 1. The molecule has 0 amide bonds. The first kappa shape index (κ1) is 18.0. The van der Waals surface area contributed by atoms with E-state index in [9.17, 15) is 8.42 Å². The maximum absolute atomic E-state index is 12.1. The summed E-state index contributed by atoms with van der Waals surface area (Å²) < 4.78 is 26.8. The van der Waals surface area contributed by atoms with E-state index in [-0.39, 0.29) is 24.2 Å². The van der Waals surface area contributed by atoms with E-state index in [1.807, 2.05) is 0 Å². The zero-order valence-electron chi connectivity index (χ0n) is 10.7. The number of nitrogens with one attached hydrogen (secondary N) is 1. The van der Waals surface area contributed by atoms with Gasteiger partial charge in [0, 0.05) is 22.6 Å². The molecule has 8 heteroatoms. The molecule has 1 atom stereocenters. The van der Waals surface area contributed by atoms with E-state index in [4.69, 9.17) is 28.9 Å². The summed E-state index contributed by atoms with van der Waals surface area (Å²) in [5.41, 5.74) is 6.16. The molecule has 0 spiro atoms. The first-order valence-corrected chi connectivity index (χ1v) is 8.45. The molecule has 0 bridgehead atoms. The summed E-state index contributed by atoms with van der Waals surface area (Å²) >= 11 is 11.7. The highest BCUT2D eigenvalue weighted by atomic mass is 35.5. The zero-order valence-corrected chi connectivity index (χ0v) is 13.8. The van der Waals surface area contributed by atoms with Crippen molar-refractivity contribution >= 4 is 45.6 Å². The third kappa shape index (κ3) is 5.39. The molecule has 1 unspecified atom stereocenters. The standard InChI is InChI=1S/C12H16Cl2N2O2S.ClH/c13-10-3-8(4-11(14)5-10)7-19(17,18)16-12(6-15)9-1-2-9;/h3-5,9,12,16H,1-2,6-7,15H2;1H. The van der Waals surface area contributed by atoms with Crippen molar-refractivity contribution in [1.82, 2.24) is 4.72 Å². The Hall–Kier alpha value is -0.0400. The summed E-state index contributed by atoms with van der Waals surface area (Å²) in [6.07, 6.45) is 2.07. The Balaban J connectivity index is 0.00000200. The van der Waals surface area contributed by atoms with Crippen LogP contribution in [0.3, 0.4) is 0 Å². The van der Waals surface area contributed by atoms with E-state index in [1.165, 1.54) is 0 Å². The fourth-order valence-corrected chi connectivity index (χ4v) is 4.03. The van der Waals surface area contributed by atoms with Gasteiger partial charge in [-0.25, -0.2) is 13.1 Å². The van der Waals surface area contributed by atoms with Crippen molar-refractivity contribution < 1.29 is 8.42 Å². The highest BCUT2D eigenvalue weighted by molar-refractivity contribution is 7.88. The van der Waals surface area contributed by atoms with Crippen LogP contribution in [0.15, 0.2) is 18.2 Å². The van der Waals surface area contributed by atoms with E-state index >= 15 is 0 Å². The maximum Gasteiger partial charge on any atom is 0.216 e. The second kappa shape index (κ2) is 7.29. The van der Waals surface area contributed by atoms with Crippen LogP contribution in [0, 0.1) is 5.92 Å². The molecule has 0 aliphatic heterocycles. The van der Waals surface area contributed by atoms with Crippen molar-refractivity contribution in [3.05, 3.63) is 33.8 Å². The number of halogens is 3. The van der Waals surface area contributed by atoms with E-state index < -0.39 is 10.0 Å². The first-order valence-electron chi connectivity index (χ1n) is 6.04. The Bertz CT molecular complexity index is 542. The molecule has 3 N–H and O–H groups in total. The molecule has 1 saturated carbocycles. The van der Waals surface area contributed by atoms with E-state index in [0.717, 1.165) is 12.8 Å². The fourth-order valence-electron chi connectivity index (χ4n) is 2.02. The van der Waals surface area contributed by atoms with Crippen LogP contribution in [0.1, 0.15) is 18.4 Å². The Morgan fingerprint density at radius 1 is 1.25 bits per heavy atom. The summed E-state index contributed by atoms with van der Waals surface area (Å²) in [5, 5.41) is 0.852. The number of benzene rings is 1. The van der Waals surface area contributed by atoms with Gasteiger partial charge in [-0.05, 0) is 42.5 Å². The molecule has 1 aliphatic rings. The molecular weight excluding hydrogens is 343 g/mol. The number of rotatable bonds is 6. The summed E-state index contributed by atoms with van der Waals surface area (Å²) in [5.74, 6) is 0.235. The van der Waals surface area contributed by atoms with Gasteiger partial charge in [0.2, 0.25) is 10.0 Å². The largest absolute Gasteiger partial charge is 0.329 e. The molecule has 1 aliphatic carbocycles. The second-order valence-corrected chi connectivity index (χ2v) is 7.46. The first-order chi connectivity index (χ1) is 8.89. The minimum Gasteiger partial charge on any atom is -0.329 e. The van der Waals surface area contributed by atoms with Gasteiger partial charge >= 0.3 is 0 Å². The molecule has 0 saturated heterocycles. The Labute approximate surface area is 135 Å². The lowest BCUT2D eigenvalue weighted by Gasteiger charge is -2.16. The van der Waals surface area contributed by atoms with Gasteiger partial charge in [-0.2, -0.15) is 0 Å². The van der Waals surface area contributed by atoms with E-state index in [1.54, 1.807) is 18.2 Å². The van der Waals surface area contributed by atoms with Crippen LogP contribution < -0.4 is 10.5 Å². The van der Waals surface area contributed by atoms with Crippen LogP contribution >= 0.6 is 35.6 Å². The SMILES string of the molecule is Cl.NCC(NS(=O)(=O)Cc1cc(Cl)cc(Cl)c1)C1CC1. The number of hydrogen-bond acceptors (Lipinski definition) is 3. The molecule has 0 radical (unpaired) electrons. The maximum atomic E-state index is 12.1. The summed E-state index contributed by atoms with van der Waals surface area (Å²) in [7, 11) is -3.43. The van der Waals surface area contributed by atoms with Gasteiger partial charge in [-0.15, -0.1) is 12.4 Å². The van der Waals surface area contributed by atoms with Gasteiger partial charge in [0.1, 0.15) is 0 Å². The van der Waals surface area contributed by atoms with Crippen molar-refractivity contribution in [1.29, 1.82) is 0 Å². The molecule has 1 aromatic rings. The quantitative estimate of drug-likeness (QED) is 0.820. The van der Waals surface area contributed by atoms with Crippen LogP contribution in [0.2, 0.25) is 10.0 Å². The van der Waals surface area contributed by atoms with E-state index in [0.29, 0.717) is 28.1 Å². The highest BCUT2D eigenvalue weighted by Gasteiger charge is 2.32. The minimum absolute atomic E-state index is 0. The molecule has 1 aromatic carbocycles. The third-order valence-corrected chi connectivity index (χ3v) is 4.87. The third-order valence-electron chi connectivity index (χ3n) is 3.05. The normalized spacial score (nSPS) is 16.6. The van der Waals surface area contributed by atoms with Crippen molar-refractivity contribution in [3.8, 4) is 0 Å². The zero-order chi connectivity index (χ0) is 14.0. The van der Waals surface area contributed by atoms with Crippen molar-refractivity contribution in [2.75, 3.05) is 6.54 Å². The molecule has 2 rings (SSSR count). The smallest absolute Gasteiger partial charge is 0.216 e. The summed E-state index contributed by atoms with van der Waals surface area (Å²) in [6, 6.07) is 4.60. The average Bonchev–Trinajstić information content (AvgIpc) is 3.07. The predicted molar refractivity (Wildman–Crippen MR) is 85.0 cm³/mol. The molecular formula is C12H17Cl3N2O2S. The van der Waals surface area contributed by atoms with Crippen molar-refractivity contribution in [2.45, 2.75) is 24.6 Å². The van der Waals surface area contributed by atoms with Gasteiger partial charge in [0.25, 0.3) is 0 Å². The summed E-state index contributed by atoms with van der Waals surface area (Å²) in [6.45, 7) is 0.320.